The Morgan fingerprint density at radius 3 is 2.71 bits per heavy atom. The minimum absolute atomic E-state index is 0.288. The van der Waals surface area contributed by atoms with E-state index in [0.29, 0.717) is 5.84 Å². The molecule has 1 rings (SSSR count). The van der Waals surface area contributed by atoms with Gasteiger partial charge in [-0.3, -0.25) is 10.3 Å². The number of aryl methyl sites for hydroxylation is 1. The minimum atomic E-state index is 0.288. The lowest BCUT2D eigenvalue weighted by atomic mass is 10.0. The van der Waals surface area contributed by atoms with Crippen molar-refractivity contribution in [2.24, 2.45) is 4.99 Å². The van der Waals surface area contributed by atoms with Gasteiger partial charge in [0.25, 0.3) is 0 Å². The van der Waals surface area contributed by atoms with E-state index in [9.17, 15) is 0 Å². The van der Waals surface area contributed by atoms with Gasteiger partial charge in [-0.1, -0.05) is 37.3 Å². The van der Waals surface area contributed by atoms with Gasteiger partial charge in [0.1, 0.15) is 5.84 Å². The van der Waals surface area contributed by atoms with Crippen molar-refractivity contribution in [3.8, 4) is 6.19 Å². The molecule has 0 heterocycles. The van der Waals surface area contributed by atoms with Crippen LogP contribution in [0.1, 0.15) is 32.3 Å². The van der Waals surface area contributed by atoms with Crippen molar-refractivity contribution in [1.29, 1.82) is 5.26 Å². The fraction of sp³-hybridized carbons (Fsp3) is 0.429. The van der Waals surface area contributed by atoms with E-state index in [2.05, 4.69) is 41.5 Å². The number of aliphatic imine (C=N–C) groups is 1. The average Bonchev–Trinajstić information content (AvgIpc) is 2.36. The van der Waals surface area contributed by atoms with Gasteiger partial charge < -0.3 is 0 Å². The third-order valence-corrected chi connectivity index (χ3v) is 2.69. The number of hydrogen-bond acceptors (Lipinski definition) is 2. The van der Waals surface area contributed by atoms with E-state index >= 15 is 0 Å². The standard InChI is InChI=1S/C14H19N3/c1-3-14(17-12(2)16-11-15)10-9-13-7-5-4-6-8-13/h4-8,14H,3,9-10H2,1-2H3,(H,16,17)/t14-/m1/s1. The van der Waals surface area contributed by atoms with E-state index in [0.717, 1.165) is 19.3 Å². The zero-order chi connectivity index (χ0) is 12.5. The first kappa shape index (κ1) is 13.2. The molecule has 17 heavy (non-hydrogen) atoms. The molecule has 0 saturated heterocycles. The third-order valence-electron chi connectivity index (χ3n) is 2.69. The summed E-state index contributed by atoms with van der Waals surface area (Å²) in [6.07, 6.45) is 4.94. The number of benzene rings is 1. The first-order valence-electron chi connectivity index (χ1n) is 5.99. The Kier molecular flexibility index (Phi) is 5.81. The van der Waals surface area contributed by atoms with E-state index in [-0.39, 0.29) is 6.04 Å². The molecule has 0 aliphatic heterocycles. The van der Waals surface area contributed by atoms with Crippen LogP contribution in [-0.4, -0.2) is 11.9 Å². The Morgan fingerprint density at radius 1 is 1.41 bits per heavy atom. The largest absolute Gasteiger partial charge is 0.281 e. The molecule has 0 fully saturated rings. The zero-order valence-corrected chi connectivity index (χ0v) is 10.5. The molecular weight excluding hydrogens is 210 g/mol. The molecule has 0 spiro atoms. The van der Waals surface area contributed by atoms with Crippen LogP contribution in [-0.2, 0) is 6.42 Å². The first-order chi connectivity index (χ1) is 8.26. The van der Waals surface area contributed by atoms with Crippen molar-refractivity contribution < 1.29 is 0 Å². The predicted molar refractivity (Wildman–Crippen MR) is 70.7 cm³/mol. The van der Waals surface area contributed by atoms with Gasteiger partial charge in [-0.05, 0) is 31.7 Å². The second kappa shape index (κ2) is 7.45. The predicted octanol–water partition coefficient (Wildman–Crippen LogP) is 2.89. The van der Waals surface area contributed by atoms with Crippen LogP contribution in [0.25, 0.3) is 0 Å². The fourth-order valence-corrected chi connectivity index (χ4v) is 1.72. The van der Waals surface area contributed by atoms with Gasteiger partial charge in [-0.2, -0.15) is 5.26 Å². The van der Waals surface area contributed by atoms with Gasteiger partial charge in [0.2, 0.25) is 0 Å². The number of hydrogen-bond donors (Lipinski definition) is 1. The molecule has 1 aromatic carbocycles. The van der Waals surface area contributed by atoms with Crippen molar-refractivity contribution in [2.75, 3.05) is 0 Å². The van der Waals surface area contributed by atoms with E-state index in [1.165, 1.54) is 5.56 Å². The third kappa shape index (κ3) is 5.17. The maximum Gasteiger partial charge on any atom is 0.182 e. The first-order valence-corrected chi connectivity index (χ1v) is 5.99. The molecule has 0 aromatic heterocycles. The van der Waals surface area contributed by atoms with Crippen molar-refractivity contribution in [1.82, 2.24) is 5.32 Å². The quantitative estimate of drug-likeness (QED) is 0.365. The SMILES string of the molecule is CC[C@H](CCc1ccccc1)N=C(C)NC#N. The van der Waals surface area contributed by atoms with E-state index in [1.807, 2.05) is 19.2 Å². The molecule has 0 unspecified atom stereocenters. The molecular formula is C14H19N3. The average molecular weight is 229 g/mol. The Labute approximate surface area is 103 Å². The highest BCUT2D eigenvalue weighted by molar-refractivity contribution is 5.80. The van der Waals surface area contributed by atoms with Gasteiger partial charge in [0, 0.05) is 0 Å². The summed E-state index contributed by atoms with van der Waals surface area (Å²) in [5.41, 5.74) is 1.34. The van der Waals surface area contributed by atoms with Crippen LogP contribution in [0.4, 0.5) is 0 Å². The summed E-state index contributed by atoms with van der Waals surface area (Å²) in [6.45, 7) is 3.95. The molecule has 3 heteroatoms. The highest BCUT2D eigenvalue weighted by atomic mass is 15.0. The van der Waals surface area contributed by atoms with Crippen LogP contribution < -0.4 is 5.32 Å². The normalized spacial score (nSPS) is 12.9. The Balaban J connectivity index is 2.48. The second-order valence-corrected chi connectivity index (χ2v) is 4.04. The van der Waals surface area contributed by atoms with Gasteiger partial charge >= 0.3 is 0 Å². The van der Waals surface area contributed by atoms with Gasteiger partial charge in [0.15, 0.2) is 6.19 Å². The van der Waals surface area contributed by atoms with Crippen LogP contribution in [0.2, 0.25) is 0 Å². The monoisotopic (exact) mass is 229 g/mol. The molecule has 3 nitrogen and oxygen atoms in total. The number of nitrogens with one attached hydrogen (secondary N) is 1. The molecule has 0 radical (unpaired) electrons. The number of amidine groups is 1. The van der Waals surface area contributed by atoms with Crippen LogP contribution in [0.5, 0.6) is 0 Å². The Bertz CT molecular complexity index is 390. The zero-order valence-electron chi connectivity index (χ0n) is 10.5. The summed E-state index contributed by atoms with van der Waals surface area (Å²) in [7, 11) is 0. The second-order valence-electron chi connectivity index (χ2n) is 4.04. The van der Waals surface area contributed by atoms with Crippen molar-refractivity contribution >= 4 is 5.84 Å². The summed E-state index contributed by atoms with van der Waals surface area (Å²) in [4.78, 5) is 4.48. The van der Waals surface area contributed by atoms with Crippen LogP contribution in [0, 0.1) is 11.5 Å². The number of nitriles is 1. The number of rotatable bonds is 5. The smallest absolute Gasteiger partial charge is 0.182 e. The molecule has 0 aliphatic carbocycles. The van der Waals surface area contributed by atoms with E-state index in [4.69, 9.17) is 5.26 Å². The Hall–Kier alpha value is -1.82. The number of nitrogens with zero attached hydrogens (tertiary/aromatic N) is 2. The summed E-state index contributed by atoms with van der Waals surface area (Å²) >= 11 is 0. The van der Waals surface area contributed by atoms with E-state index in [1.54, 1.807) is 0 Å². The van der Waals surface area contributed by atoms with Crippen molar-refractivity contribution in [2.45, 2.75) is 39.2 Å². The molecule has 1 atom stereocenters. The lowest BCUT2D eigenvalue weighted by molar-refractivity contribution is 0.596. The summed E-state index contributed by atoms with van der Waals surface area (Å²) in [5, 5.41) is 11.1. The lowest BCUT2D eigenvalue weighted by Crippen LogP contribution is -2.17. The van der Waals surface area contributed by atoms with Gasteiger partial charge in [-0.25, -0.2) is 0 Å². The highest BCUT2D eigenvalue weighted by Gasteiger charge is 2.05. The lowest BCUT2D eigenvalue weighted by Gasteiger charge is -2.11. The minimum Gasteiger partial charge on any atom is -0.281 e. The van der Waals surface area contributed by atoms with Gasteiger partial charge in [-0.15, -0.1) is 0 Å². The van der Waals surface area contributed by atoms with Crippen molar-refractivity contribution in [3.05, 3.63) is 35.9 Å². The topological polar surface area (TPSA) is 48.2 Å². The van der Waals surface area contributed by atoms with Crippen molar-refractivity contribution in [3.63, 3.8) is 0 Å². The van der Waals surface area contributed by atoms with E-state index < -0.39 is 0 Å². The summed E-state index contributed by atoms with van der Waals surface area (Å²) in [6, 6.07) is 10.7. The Morgan fingerprint density at radius 2 is 2.12 bits per heavy atom. The fourth-order valence-electron chi connectivity index (χ4n) is 1.72. The molecule has 0 amide bonds. The molecule has 0 bridgehead atoms. The molecule has 90 valence electrons. The summed E-state index contributed by atoms with van der Waals surface area (Å²) in [5.74, 6) is 0.701. The van der Waals surface area contributed by atoms with Gasteiger partial charge in [0.05, 0.1) is 6.04 Å². The molecule has 0 saturated carbocycles. The highest BCUT2D eigenvalue weighted by Crippen LogP contribution is 2.10. The molecule has 1 aromatic rings. The summed E-state index contributed by atoms with van der Waals surface area (Å²) < 4.78 is 0. The maximum absolute atomic E-state index is 8.49. The van der Waals surface area contributed by atoms with Crippen LogP contribution >= 0.6 is 0 Å². The molecule has 1 N–H and O–H groups in total. The molecule has 0 aliphatic rings. The van der Waals surface area contributed by atoms with Crippen LogP contribution in [0.15, 0.2) is 35.3 Å². The maximum atomic E-state index is 8.49. The van der Waals surface area contributed by atoms with Crippen LogP contribution in [0.3, 0.4) is 0 Å².